The molecule has 1 saturated carbocycles. The van der Waals surface area contributed by atoms with Crippen LogP contribution in [0.2, 0.25) is 0 Å². The number of thiophene rings is 1. The van der Waals surface area contributed by atoms with Gasteiger partial charge in [0.2, 0.25) is 0 Å². The van der Waals surface area contributed by atoms with E-state index in [0.717, 1.165) is 23.4 Å². The molecule has 0 aromatic carbocycles. The molecule has 1 saturated heterocycles. The number of carbonyl (C=O) groups excluding carboxylic acids is 1. The van der Waals surface area contributed by atoms with Crippen LogP contribution in [0, 0.1) is 0 Å². The zero-order valence-corrected chi connectivity index (χ0v) is 12.1. The van der Waals surface area contributed by atoms with E-state index >= 15 is 0 Å². The molecule has 2 fully saturated rings. The van der Waals surface area contributed by atoms with Crippen LogP contribution < -0.4 is 16.0 Å². The molecule has 1 aromatic rings. The Morgan fingerprint density at radius 2 is 1.95 bits per heavy atom. The third-order valence-corrected chi connectivity index (χ3v) is 5.21. The molecule has 1 amide bonds. The maximum atomic E-state index is 11.9. The third kappa shape index (κ3) is 2.15. The first-order valence-corrected chi connectivity index (χ1v) is 7.60. The van der Waals surface area contributed by atoms with E-state index < -0.39 is 12.2 Å². The molecule has 2 aliphatic rings. The van der Waals surface area contributed by atoms with Crippen LogP contribution in [-0.4, -0.2) is 48.5 Å². The summed E-state index contributed by atoms with van der Waals surface area (Å²) in [4.78, 5) is 14.4. The smallest absolute Gasteiger partial charge is 0.263 e. The summed E-state index contributed by atoms with van der Waals surface area (Å²) in [6.07, 6.45) is 0.683. The molecule has 7 heteroatoms. The Kier molecular flexibility index (Phi) is 3.35. The van der Waals surface area contributed by atoms with Gasteiger partial charge in [0.1, 0.15) is 4.88 Å². The number of nitrogen functional groups attached to an aromatic ring is 1. The predicted octanol–water partition coefficient (Wildman–Crippen LogP) is 0.109. The molecule has 0 bridgehead atoms. The average Bonchev–Trinajstić information content (AvgIpc) is 3.12. The largest absolute Gasteiger partial charge is 0.397 e. The van der Waals surface area contributed by atoms with Crippen LogP contribution in [0.3, 0.4) is 0 Å². The number of aliphatic hydroxyl groups is 2. The highest BCUT2D eigenvalue weighted by molar-refractivity contribution is 7.18. The molecule has 6 nitrogen and oxygen atoms in total. The number of nitrogens with zero attached hydrogens (tertiary/aromatic N) is 1. The van der Waals surface area contributed by atoms with Gasteiger partial charge in [-0.25, -0.2) is 0 Å². The Bertz CT molecular complexity index is 531. The van der Waals surface area contributed by atoms with Crippen LogP contribution in [0.15, 0.2) is 0 Å². The second-order valence-corrected chi connectivity index (χ2v) is 6.46. The number of anilines is 2. The summed E-state index contributed by atoms with van der Waals surface area (Å²) in [6, 6.07) is 0. The van der Waals surface area contributed by atoms with Crippen LogP contribution in [0.5, 0.6) is 0 Å². The first-order chi connectivity index (χ1) is 9.52. The van der Waals surface area contributed by atoms with Crippen molar-refractivity contribution in [3.63, 3.8) is 0 Å². The Balaban J connectivity index is 1.99. The Labute approximate surface area is 121 Å². The van der Waals surface area contributed by atoms with Crippen LogP contribution >= 0.6 is 11.3 Å². The standard InChI is InChI=1S/C13H19N3O3S/c1-15-12(19)11-10(14)9(6-2-3-6)13(20-11)16-4-7(17)8(18)5-16/h6-8,17-18H,2-5,14H2,1H3,(H,15,19). The lowest BCUT2D eigenvalue weighted by molar-refractivity contribution is 0.0572. The fourth-order valence-electron chi connectivity index (χ4n) is 2.66. The van der Waals surface area contributed by atoms with E-state index in [1.165, 1.54) is 11.3 Å². The van der Waals surface area contributed by atoms with Crippen LogP contribution in [0.25, 0.3) is 0 Å². The van der Waals surface area contributed by atoms with Gasteiger partial charge in [-0.1, -0.05) is 0 Å². The monoisotopic (exact) mass is 297 g/mol. The normalized spacial score (nSPS) is 26.1. The fourth-order valence-corrected chi connectivity index (χ4v) is 3.94. The zero-order chi connectivity index (χ0) is 14.4. The summed E-state index contributed by atoms with van der Waals surface area (Å²) in [6.45, 7) is 0.766. The molecule has 1 aliphatic heterocycles. The molecule has 1 aromatic heterocycles. The number of aliphatic hydroxyl groups excluding tert-OH is 2. The maximum Gasteiger partial charge on any atom is 0.263 e. The Hall–Kier alpha value is -1.31. The predicted molar refractivity (Wildman–Crippen MR) is 78.3 cm³/mol. The van der Waals surface area contributed by atoms with Crippen molar-refractivity contribution in [1.29, 1.82) is 0 Å². The second kappa shape index (κ2) is 4.91. The molecule has 1 aliphatic carbocycles. The molecule has 110 valence electrons. The topological polar surface area (TPSA) is 98.8 Å². The van der Waals surface area contributed by atoms with E-state index in [1.54, 1.807) is 7.05 Å². The van der Waals surface area contributed by atoms with E-state index in [0.29, 0.717) is 29.6 Å². The molecular weight excluding hydrogens is 278 g/mol. The van der Waals surface area contributed by atoms with Crippen molar-refractivity contribution in [2.45, 2.75) is 31.0 Å². The van der Waals surface area contributed by atoms with Crippen molar-refractivity contribution in [2.75, 3.05) is 30.8 Å². The van der Waals surface area contributed by atoms with Gasteiger partial charge < -0.3 is 26.2 Å². The van der Waals surface area contributed by atoms with E-state index in [9.17, 15) is 15.0 Å². The molecular formula is C13H19N3O3S. The summed E-state index contributed by atoms with van der Waals surface area (Å²) in [5, 5.41) is 23.0. The van der Waals surface area contributed by atoms with Gasteiger partial charge in [-0.05, 0) is 18.8 Å². The van der Waals surface area contributed by atoms with E-state index in [-0.39, 0.29) is 5.91 Å². The van der Waals surface area contributed by atoms with Gasteiger partial charge >= 0.3 is 0 Å². The summed E-state index contributed by atoms with van der Waals surface area (Å²) in [5.74, 6) is 0.232. The fraction of sp³-hybridized carbons (Fsp3) is 0.615. The van der Waals surface area contributed by atoms with Crippen LogP contribution in [0.4, 0.5) is 10.7 Å². The van der Waals surface area contributed by atoms with Gasteiger partial charge in [0, 0.05) is 25.7 Å². The summed E-state index contributed by atoms with van der Waals surface area (Å²) < 4.78 is 0. The average molecular weight is 297 g/mol. The van der Waals surface area contributed by atoms with Crippen molar-refractivity contribution >= 4 is 27.9 Å². The Morgan fingerprint density at radius 1 is 1.35 bits per heavy atom. The number of amides is 1. The zero-order valence-electron chi connectivity index (χ0n) is 11.3. The highest BCUT2D eigenvalue weighted by Gasteiger charge is 2.38. The summed E-state index contributed by atoms with van der Waals surface area (Å²) in [5.41, 5.74) is 7.74. The molecule has 2 atom stereocenters. The number of nitrogens with one attached hydrogen (secondary N) is 1. The minimum absolute atomic E-state index is 0.180. The third-order valence-electron chi connectivity index (χ3n) is 3.93. The minimum Gasteiger partial charge on any atom is -0.397 e. The lowest BCUT2D eigenvalue weighted by Gasteiger charge is -2.17. The molecule has 5 N–H and O–H groups in total. The number of hydrogen-bond donors (Lipinski definition) is 4. The second-order valence-electron chi connectivity index (χ2n) is 5.46. The number of β-amino-alcohol motifs (C(OH)–C–C–N with tert-alkyl or cyclic N) is 2. The quantitative estimate of drug-likeness (QED) is 0.635. The minimum atomic E-state index is -0.742. The molecule has 0 spiro atoms. The van der Waals surface area contributed by atoms with Gasteiger partial charge in [0.15, 0.2) is 0 Å². The van der Waals surface area contributed by atoms with Crippen LogP contribution in [0.1, 0.15) is 34.0 Å². The number of rotatable bonds is 3. The van der Waals surface area contributed by atoms with Crippen molar-refractivity contribution < 1.29 is 15.0 Å². The first-order valence-electron chi connectivity index (χ1n) is 6.78. The molecule has 3 rings (SSSR count). The first kappa shape index (κ1) is 13.7. The molecule has 20 heavy (non-hydrogen) atoms. The molecule has 0 radical (unpaired) electrons. The SMILES string of the molecule is CNC(=O)c1sc(N2CC(O)C(O)C2)c(C2CC2)c1N. The number of carbonyl (C=O) groups is 1. The lowest BCUT2D eigenvalue weighted by Crippen LogP contribution is -2.22. The molecule has 2 unspecified atom stereocenters. The van der Waals surface area contributed by atoms with Gasteiger partial charge in [-0.2, -0.15) is 0 Å². The molecule has 2 heterocycles. The summed E-state index contributed by atoms with van der Waals surface area (Å²) >= 11 is 1.36. The number of hydrogen-bond acceptors (Lipinski definition) is 6. The Morgan fingerprint density at radius 3 is 2.45 bits per heavy atom. The van der Waals surface area contributed by atoms with E-state index in [1.807, 2.05) is 4.90 Å². The van der Waals surface area contributed by atoms with Crippen molar-refractivity contribution in [3.05, 3.63) is 10.4 Å². The number of nitrogens with two attached hydrogens (primary N) is 1. The van der Waals surface area contributed by atoms with Gasteiger partial charge in [-0.3, -0.25) is 4.79 Å². The maximum absolute atomic E-state index is 11.9. The van der Waals surface area contributed by atoms with Crippen molar-refractivity contribution in [1.82, 2.24) is 5.32 Å². The van der Waals surface area contributed by atoms with Crippen LogP contribution in [-0.2, 0) is 0 Å². The van der Waals surface area contributed by atoms with E-state index in [2.05, 4.69) is 5.32 Å². The summed E-state index contributed by atoms with van der Waals surface area (Å²) in [7, 11) is 1.58. The highest BCUT2D eigenvalue weighted by Crippen LogP contribution is 2.52. The van der Waals surface area contributed by atoms with Crippen molar-refractivity contribution in [2.24, 2.45) is 0 Å². The van der Waals surface area contributed by atoms with E-state index in [4.69, 9.17) is 5.73 Å². The van der Waals surface area contributed by atoms with Crippen molar-refractivity contribution in [3.8, 4) is 0 Å². The van der Waals surface area contributed by atoms with Gasteiger partial charge in [-0.15, -0.1) is 11.3 Å². The van der Waals surface area contributed by atoms with Gasteiger partial charge in [0.25, 0.3) is 5.91 Å². The lowest BCUT2D eigenvalue weighted by atomic mass is 10.1. The highest BCUT2D eigenvalue weighted by atomic mass is 32.1. The van der Waals surface area contributed by atoms with Gasteiger partial charge in [0.05, 0.1) is 22.9 Å².